The summed E-state index contributed by atoms with van der Waals surface area (Å²) in [6.07, 6.45) is 1.85. The first-order valence-electron chi connectivity index (χ1n) is 4.63. The molecule has 0 aromatic carbocycles. The van der Waals surface area contributed by atoms with E-state index in [1.807, 2.05) is 26.1 Å². The van der Waals surface area contributed by atoms with Gasteiger partial charge in [0.1, 0.15) is 0 Å². The third-order valence-electron chi connectivity index (χ3n) is 1.60. The molecule has 1 aromatic rings. The smallest absolute Gasteiger partial charge is 0.0458 e. The molecule has 0 saturated carbocycles. The zero-order valence-corrected chi connectivity index (χ0v) is 8.76. The normalized spacial score (nSPS) is 9.17. The molecule has 12 heavy (non-hydrogen) atoms. The first kappa shape index (κ1) is 11.2. The van der Waals surface area contributed by atoms with Crippen molar-refractivity contribution in [2.24, 2.45) is 0 Å². The molecule has 0 bridgehead atoms. The molecule has 0 N–H and O–H groups in total. The van der Waals surface area contributed by atoms with Crippen molar-refractivity contribution >= 4 is 0 Å². The molecule has 0 fully saturated rings. The molecule has 0 aliphatic carbocycles. The van der Waals surface area contributed by atoms with Gasteiger partial charge >= 0.3 is 0 Å². The molecular formula is C11H19N. The predicted molar refractivity (Wildman–Crippen MR) is 54.4 cm³/mol. The van der Waals surface area contributed by atoms with Gasteiger partial charge in [0.05, 0.1) is 0 Å². The van der Waals surface area contributed by atoms with Crippen LogP contribution in [0.25, 0.3) is 0 Å². The van der Waals surface area contributed by atoms with E-state index in [4.69, 9.17) is 0 Å². The second kappa shape index (κ2) is 5.76. The Morgan fingerprint density at radius 2 is 1.83 bits per heavy atom. The summed E-state index contributed by atoms with van der Waals surface area (Å²) in [6.45, 7) is 10.4. The molecule has 0 radical (unpaired) electrons. The summed E-state index contributed by atoms with van der Waals surface area (Å²) >= 11 is 0. The molecule has 0 aliphatic heterocycles. The molecule has 0 unspecified atom stereocenters. The lowest BCUT2D eigenvalue weighted by atomic mass is 10.1. The van der Waals surface area contributed by atoms with Gasteiger partial charge in [0.2, 0.25) is 0 Å². The van der Waals surface area contributed by atoms with Gasteiger partial charge in [-0.1, -0.05) is 33.8 Å². The fraction of sp³-hybridized carbons (Fsp3) is 0.545. The molecule has 0 amide bonds. The Morgan fingerprint density at radius 1 is 1.25 bits per heavy atom. The first-order valence-corrected chi connectivity index (χ1v) is 4.63. The van der Waals surface area contributed by atoms with Crippen LogP contribution >= 0.6 is 0 Å². The van der Waals surface area contributed by atoms with E-state index in [-0.39, 0.29) is 0 Å². The molecular weight excluding hydrogens is 146 g/mol. The van der Waals surface area contributed by atoms with Crippen LogP contribution < -0.4 is 0 Å². The second-order valence-corrected chi connectivity index (χ2v) is 2.86. The first-order chi connectivity index (χ1) is 5.72. The van der Waals surface area contributed by atoms with Gasteiger partial charge in [0, 0.05) is 11.9 Å². The Balaban J connectivity index is 0.000000561. The zero-order valence-electron chi connectivity index (χ0n) is 8.76. The van der Waals surface area contributed by atoms with E-state index < -0.39 is 0 Å². The van der Waals surface area contributed by atoms with Gasteiger partial charge in [-0.2, -0.15) is 0 Å². The minimum Gasteiger partial charge on any atom is -0.261 e. The van der Waals surface area contributed by atoms with Gasteiger partial charge in [0.25, 0.3) is 0 Å². The topological polar surface area (TPSA) is 12.9 Å². The maximum absolute atomic E-state index is 4.28. The largest absolute Gasteiger partial charge is 0.261 e. The van der Waals surface area contributed by atoms with E-state index in [1.165, 1.54) is 11.3 Å². The number of hydrogen-bond donors (Lipinski definition) is 0. The minimum atomic E-state index is 0.543. The molecule has 1 rings (SSSR count). The van der Waals surface area contributed by atoms with Crippen molar-refractivity contribution in [1.82, 2.24) is 4.98 Å². The number of hydrogen-bond acceptors (Lipinski definition) is 1. The zero-order chi connectivity index (χ0) is 9.56. The molecule has 1 nitrogen and oxygen atoms in total. The maximum Gasteiger partial charge on any atom is 0.0458 e. The maximum atomic E-state index is 4.28. The second-order valence-electron chi connectivity index (χ2n) is 2.86. The molecule has 1 heteroatoms. The van der Waals surface area contributed by atoms with Crippen LogP contribution in [0, 0.1) is 6.92 Å². The van der Waals surface area contributed by atoms with E-state index in [9.17, 15) is 0 Å². The number of nitrogens with zero attached hydrogens (tertiary/aromatic N) is 1. The lowest BCUT2D eigenvalue weighted by Gasteiger charge is -2.05. The van der Waals surface area contributed by atoms with E-state index in [2.05, 4.69) is 31.8 Å². The van der Waals surface area contributed by atoms with Crippen molar-refractivity contribution in [1.29, 1.82) is 0 Å². The predicted octanol–water partition coefficient (Wildman–Crippen LogP) is 3.54. The Hall–Kier alpha value is -0.850. The number of aryl methyl sites for hydroxylation is 1. The van der Waals surface area contributed by atoms with Crippen molar-refractivity contribution in [3.63, 3.8) is 0 Å². The fourth-order valence-electron chi connectivity index (χ4n) is 1.10. The van der Waals surface area contributed by atoms with Crippen LogP contribution in [0.15, 0.2) is 18.3 Å². The van der Waals surface area contributed by atoms with E-state index in [0.29, 0.717) is 5.92 Å². The van der Waals surface area contributed by atoms with E-state index >= 15 is 0 Å². The SMILES string of the molecule is CC.Cc1cccnc1C(C)C. The highest BCUT2D eigenvalue weighted by Gasteiger charge is 2.01. The lowest BCUT2D eigenvalue weighted by molar-refractivity contribution is 0.811. The molecule has 68 valence electrons. The van der Waals surface area contributed by atoms with Gasteiger partial charge in [-0.3, -0.25) is 4.98 Å². The van der Waals surface area contributed by atoms with Crippen LogP contribution in [0.1, 0.15) is 44.9 Å². The van der Waals surface area contributed by atoms with Crippen LogP contribution in [0.2, 0.25) is 0 Å². The summed E-state index contributed by atoms with van der Waals surface area (Å²) in [5, 5.41) is 0. The molecule has 0 spiro atoms. The summed E-state index contributed by atoms with van der Waals surface area (Å²) in [5.74, 6) is 0.543. The fourth-order valence-corrected chi connectivity index (χ4v) is 1.10. The highest BCUT2D eigenvalue weighted by molar-refractivity contribution is 5.20. The van der Waals surface area contributed by atoms with E-state index in [1.54, 1.807) is 0 Å². The summed E-state index contributed by atoms with van der Waals surface area (Å²) < 4.78 is 0. The van der Waals surface area contributed by atoms with Crippen molar-refractivity contribution < 1.29 is 0 Å². The average Bonchev–Trinajstić information content (AvgIpc) is 2.08. The summed E-state index contributed by atoms with van der Waals surface area (Å²) in [5.41, 5.74) is 2.50. The molecule has 0 atom stereocenters. The van der Waals surface area contributed by atoms with Crippen molar-refractivity contribution in [2.75, 3.05) is 0 Å². The number of pyridine rings is 1. The molecule has 0 aliphatic rings. The number of rotatable bonds is 1. The Bertz CT molecular complexity index is 216. The van der Waals surface area contributed by atoms with Gasteiger partial charge in [0.15, 0.2) is 0 Å². The van der Waals surface area contributed by atoms with Gasteiger partial charge < -0.3 is 0 Å². The van der Waals surface area contributed by atoms with Crippen LogP contribution in [-0.2, 0) is 0 Å². The Morgan fingerprint density at radius 3 is 2.17 bits per heavy atom. The molecule has 0 saturated heterocycles. The third kappa shape index (κ3) is 3.04. The quantitative estimate of drug-likeness (QED) is 0.620. The summed E-state index contributed by atoms with van der Waals surface area (Å²) in [4.78, 5) is 4.28. The monoisotopic (exact) mass is 165 g/mol. The van der Waals surface area contributed by atoms with E-state index in [0.717, 1.165) is 0 Å². The molecule has 1 aromatic heterocycles. The Labute approximate surface area is 75.8 Å². The van der Waals surface area contributed by atoms with Crippen molar-refractivity contribution in [3.05, 3.63) is 29.6 Å². The molecule has 1 heterocycles. The van der Waals surface area contributed by atoms with Crippen LogP contribution in [0.3, 0.4) is 0 Å². The minimum absolute atomic E-state index is 0.543. The van der Waals surface area contributed by atoms with Crippen LogP contribution in [0.4, 0.5) is 0 Å². The van der Waals surface area contributed by atoms with Crippen LogP contribution in [0.5, 0.6) is 0 Å². The van der Waals surface area contributed by atoms with Crippen molar-refractivity contribution in [3.8, 4) is 0 Å². The standard InChI is InChI=1S/C9H13N.C2H6/c1-7(2)9-8(3)5-4-6-10-9;1-2/h4-7H,1-3H3;1-2H3. The summed E-state index contributed by atoms with van der Waals surface area (Å²) in [6, 6.07) is 4.07. The van der Waals surface area contributed by atoms with Crippen LogP contribution in [-0.4, -0.2) is 4.98 Å². The number of aromatic nitrogens is 1. The Kier molecular flexibility index (Phi) is 5.35. The van der Waals surface area contributed by atoms with Gasteiger partial charge in [-0.05, 0) is 24.5 Å². The highest BCUT2D eigenvalue weighted by atomic mass is 14.7. The van der Waals surface area contributed by atoms with Gasteiger partial charge in [-0.25, -0.2) is 0 Å². The highest BCUT2D eigenvalue weighted by Crippen LogP contribution is 2.14. The lowest BCUT2D eigenvalue weighted by Crippen LogP contribution is -1.94. The van der Waals surface area contributed by atoms with Crippen molar-refractivity contribution in [2.45, 2.75) is 40.5 Å². The summed E-state index contributed by atoms with van der Waals surface area (Å²) in [7, 11) is 0. The van der Waals surface area contributed by atoms with Gasteiger partial charge in [-0.15, -0.1) is 0 Å². The average molecular weight is 165 g/mol. The third-order valence-corrected chi connectivity index (χ3v) is 1.60.